The van der Waals surface area contributed by atoms with Gasteiger partial charge in [0.25, 0.3) is 0 Å². The molecule has 2 heterocycles. The fraction of sp³-hybridized carbons (Fsp3) is 0.308. The van der Waals surface area contributed by atoms with Crippen LogP contribution in [0.3, 0.4) is 0 Å². The first kappa shape index (κ1) is 46.2. The van der Waals surface area contributed by atoms with Crippen LogP contribution >= 0.6 is 0 Å². The predicted octanol–water partition coefficient (Wildman–Crippen LogP) is 7.04. The van der Waals surface area contributed by atoms with Crippen LogP contribution in [0, 0.1) is 6.92 Å². The Morgan fingerprint density at radius 2 is 1.51 bits per heavy atom. The molecule has 0 radical (unpaired) electrons. The van der Waals surface area contributed by atoms with Crippen LogP contribution < -0.4 is 26.8 Å². The molecule has 1 fully saturated rings. The Kier molecular flexibility index (Phi) is 15.8. The minimum absolute atomic E-state index is 0.0292. The maximum atomic E-state index is 12.9. The van der Waals surface area contributed by atoms with Gasteiger partial charge in [-0.05, 0) is 90.3 Å². The number of ether oxygens (including phenoxy) is 1. The molecule has 1 aromatic heterocycles. The van der Waals surface area contributed by atoms with Crippen molar-refractivity contribution >= 4 is 34.5 Å². The summed E-state index contributed by atoms with van der Waals surface area (Å²) < 4.78 is 5.76. The van der Waals surface area contributed by atoms with E-state index in [1.54, 1.807) is 12.1 Å². The number of anilines is 1. The van der Waals surface area contributed by atoms with E-state index in [4.69, 9.17) is 4.74 Å². The van der Waals surface area contributed by atoms with Crippen LogP contribution in [0.15, 0.2) is 126 Å². The van der Waals surface area contributed by atoms with Crippen LogP contribution in [0.1, 0.15) is 65.7 Å². The largest absolute Gasteiger partial charge is 0.506 e. The van der Waals surface area contributed by atoms with E-state index >= 15 is 0 Å². The van der Waals surface area contributed by atoms with E-state index < -0.39 is 12.2 Å². The molecule has 0 aliphatic carbocycles. The number of hydrogen-bond acceptors (Lipinski definition) is 9. The molecule has 1 unspecified atom stereocenters. The molecule has 6 aromatic rings. The Morgan fingerprint density at radius 1 is 0.815 bits per heavy atom. The lowest BCUT2D eigenvalue weighted by Crippen LogP contribution is -2.40. The van der Waals surface area contributed by atoms with Crippen molar-refractivity contribution in [2.45, 2.75) is 77.3 Å². The number of piperidine rings is 1. The lowest BCUT2D eigenvalue weighted by molar-refractivity contribution is -0.122. The number of aliphatic hydroxyl groups excluding tert-OH is 1. The van der Waals surface area contributed by atoms with Crippen molar-refractivity contribution in [3.05, 3.63) is 165 Å². The van der Waals surface area contributed by atoms with E-state index in [0.717, 1.165) is 52.0 Å². The van der Waals surface area contributed by atoms with E-state index in [0.29, 0.717) is 67.5 Å². The van der Waals surface area contributed by atoms with Gasteiger partial charge in [-0.1, -0.05) is 97.1 Å². The van der Waals surface area contributed by atoms with E-state index in [1.807, 2.05) is 91.9 Å². The minimum Gasteiger partial charge on any atom is -0.506 e. The quantitative estimate of drug-likeness (QED) is 0.0476. The first-order chi connectivity index (χ1) is 31.5. The van der Waals surface area contributed by atoms with E-state index in [2.05, 4.69) is 50.2 Å². The molecule has 3 amide bonds. The highest BCUT2D eigenvalue weighted by Crippen LogP contribution is 2.30. The van der Waals surface area contributed by atoms with Crippen molar-refractivity contribution in [3.8, 4) is 16.9 Å². The number of carbonyl (C=O) groups is 3. The summed E-state index contributed by atoms with van der Waals surface area (Å²) in [5.41, 5.74) is 8.30. The summed E-state index contributed by atoms with van der Waals surface area (Å²) >= 11 is 0. The average Bonchev–Trinajstić information content (AvgIpc) is 3.31. The Morgan fingerprint density at radius 3 is 2.29 bits per heavy atom. The highest BCUT2D eigenvalue weighted by atomic mass is 16.6. The van der Waals surface area contributed by atoms with Gasteiger partial charge in [0.15, 0.2) is 0 Å². The van der Waals surface area contributed by atoms with E-state index in [1.165, 1.54) is 12.1 Å². The number of aromatic amines is 1. The van der Waals surface area contributed by atoms with Crippen LogP contribution in [0.4, 0.5) is 10.5 Å². The van der Waals surface area contributed by atoms with Gasteiger partial charge in [-0.2, -0.15) is 0 Å². The second-order valence-corrected chi connectivity index (χ2v) is 16.9. The molecule has 13 nitrogen and oxygen atoms in total. The zero-order chi connectivity index (χ0) is 45.7. The smallest absolute Gasteiger partial charge is 0.411 e. The summed E-state index contributed by atoms with van der Waals surface area (Å²) in [6, 6.07) is 37.6. The number of aromatic nitrogens is 1. The van der Waals surface area contributed by atoms with Crippen LogP contribution in [0.5, 0.6) is 5.75 Å². The Bertz CT molecular complexity index is 2630. The summed E-state index contributed by atoms with van der Waals surface area (Å²) in [7, 11) is 0. The molecule has 1 aliphatic rings. The van der Waals surface area contributed by atoms with Crippen LogP contribution in [-0.2, 0) is 40.3 Å². The van der Waals surface area contributed by atoms with Gasteiger partial charge in [0.2, 0.25) is 17.4 Å². The molecule has 1 aliphatic heterocycles. The molecular formula is C52H58N6O7. The third-order valence-corrected chi connectivity index (χ3v) is 11.9. The Labute approximate surface area is 379 Å². The summed E-state index contributed by atoms with van der Waals surface area (Å²) in [6.07, 6.45) is 1.21. The fourth-order valence-electron chi connectivity index (χ4n) is 8.20. The number of amides is 3. The standard InChI is InChI=1S/C52H58N6O7/c1-34-12-13-38(29-40(34)28-35(2)53-33-47(60)43-18-20-46(59)51-44(43)19-21-49(62)57-51)32-55-50(63)30-36-14-16-37(17-15-36)31-54-48(61)24-27-58-25-22-41(23-26-58)65-52(64)56-45-11-7-6-10-42(45)39-8-4-3-5-9-39/h3-21,29,35,41,47,53,59-60H,22-28,30-33H2,1-2H3,(H,54,61)(H,55,63)(H,56,64)(H,57,62)/t35?,47-/m0/s1. The summed E-state index contributed by atoms with van der Waals surface area (Å²) in [4.78, 5) is 55.1. The van der Waals surface area contributed by atoms with Crippen molar-refractivity contribution in [2.75, 3.05) is 31.5 Å². The molecular weight excluding hydrogens is 821 g/mol. The molecule has 338 valence electrons. The second-order valence-electron chi connectivity index (χ2n) is 16.9. The number of benzene rings is 5. The van der Waals surface area contributed by atoms with Gasteiger partial charge >= 0.3 is 6.09 Å². The lowest BCUT2D eigenvalue weighted by Gasteiger charge is -2.31. The molecule has 5 aromatic carbocycles. The molecule has 1 saturated heterocycles. The zero-order valence-corrected chi connectivity index (χ0v) is 36.9. The summed E-state index contributed by atoms with van der Waals surface area (Å²) in [5, 5.41) is 34.1. The fourth-order valence-corrected chi connectivity index (χ4v) is 8.20. The van der Waals surface area contributed by atoms with Gasteiger partial charge in [0, 0.05) is 68.7 Å². The van der Waals surface area contributed by atoms with Gasteiger partial charge in [-0.25, -0.2) is 4.79 Å². The third kappa shape index (κ3) is 13.1. The highest BCUT2D eigenvalue weighted by molar-refractivity contribution is 5.91. The van der Waals surface area contributed by atoms with Crippen LogP contribution in [0.2, 0.25) is 0 Å². The number of nitrogens with zero attached hydrogens (tertiary/aromatic N) is 1. The normalized spacial score (nSPS) is 14.1. The highest BCUT2D eigenvalue weighted by Gasteiger charge is 2.23. The number of para-hydroxylation sites is 1. The van der Waals surface area contributed by atoms with Crippen molar-refractivity contribution in [1.82, 2.24) is 25.8 Å². The number of carbonyl (C=O) groups excluding carboxylic acids is 3. The van der Waals surface area contributed by atoms with Gasteiger partial charge in [-0.15, -0.1) is 0 Å². The van der Waals surface area contributed by atoms with E-state index in [9.17, 15) is 29.4 Å². The van der Waals surface area contributed by atoms with Crippen molar-refractivity contribution < 1.29 is 29.3 Å². The number of hydrogen-bond donors (Lipinski definition) is 7. The summed E-state index contributed by atoms with van der Waals surface area (Å²) in [5.74, 6) is -0.176. The SMILES string of the molecule is Cc1ccc(CNC(=O)Cc2ccc(CNC(=O)CCN3CCC(OC(=O)Nc4ccccc4-c4ccccc4)CC3)cc2)cc1CC(C)NC[C@H](O)c1ccc(O)c2[nH]c(=O)ccc12. The zero-order valence-electron chi connectivity index (χ0n) is 36.9. The number of rotatable bonds is 18. The predicted molar refractivity (Wildman–Crippen MR) is 253 cm³/mol. The molecule has 0 spiro atoms. The molecule has 65 heavy (non-hydrogen) atoms. The molecule has 7 N–H and O–H groups in total. The number of nitrogens with one attached hydrogen (secondary N) is 5. The minimum atomic E-state index is -0.857. The number of likely N-dealkylation sites (tertiary alicyclic amines) is 1. The number of H-pyrrole nitrogens is 1. The van der Waals surface area contributed by atoms with Crippen molar-refractivity contribution in [3.63, 3.8) is 0 Å². The monoisotopic (exact) mass is 878 g/mol. The first-order valence-corrected chi connectivity index (χ1v) is 22.3. The number of aliphatic hydroxyl groups is 1. The number of pyridine rings is 1. The number of aromatic hydroxyl groups is 1. The van der Waals surface area contributed by atoms with Gasteiger partial charge in [0.1, 0.15) is 11.9 Å². The topological polar surface area (TPSA) is 185 Å². The number of aryl methyl sites for hydroxylation is 1. The maximum Gasteiger partial charge on any atom is 0.411 e. The van der Waals surface area contributed by atoms with Gasteiger partial charge in [-0.3, -0.25) is 19.7 Å². The van der Waals surface area contributed by atoms with Crippen LogP contribution in [-0.4, -0.2) is 76.3 Å². The summed E-state index contributed by atoms with van der Waals surface area (Å²) in [6.45, 7) is 7.28. The lowest BCUT2D eigenvalue weighted by atomic mass is 9.98. The van der Waals surface area contributed by atoms with Crippen molar-refractivity contribution in [2.24, 2.45) is 0 Å². The second kappa shape index (κ2) is 22.2. The van der Waals surface area contributed by atoms with Gasteiger partial charge in [0.05, 0.1) is 23.7 Å². The molecule has 7 rings (SSSR count). The van der Waals surface area contributed by atoms with E-state index in [-0.39, 0.29) is 48.2 Å². The average molecular weight is 879 g/mol. The number of fused-ring (bicyclic) bond motifs is 1. The molecule has 0 bridgehead atoms. The number of phenolic OH excluding ortho intramolecular Hbond substituents is 1. The Balaban J connectivity index is 0.772. The Hall–Kier alpha value is -6.80. The first-order valence-electron chi connectivity index (χ1n) is 22.3. The van der Waals surface area contributed by atoms with Gasteiger partial charge < -0.3 is 40.8 Å². The van der Waals surface area contributed by atoms with Crippen LogP contribution in [0.25, 0.3) is 22.0 Å². The number of phenols is 1. The van der Waals surface area contributed by atoms with Crippen molar-refractivity contribution in [1.29, 1.82) is 0 Å². The third-order valence-electron chi connectivity index (χ3n) is 11.9. The maximum absolute atomic E-state index is 12.9. The molecule has 0 saturated carbocycles. The molecule has 13 heteroatoms. The molecule has 2 atom stereocenters.